The summed E-state index contributed by atoms with van der Waals surface area (Å²) >= 11 is 14.6. The summed E-state index contributed by atoms with van der Waals surface area (Å²) in [5, 5.41) is 2.76. The van der Waals surface area contributed by atoms with Crippen LogP contribution in [-0.4, -0.2) is 68.2 Å². The van der Waals surface area contributed by atoms with Crippen LogP contribution in [0, 0.1) is 0 Å². The summed E-state index contributed by atoms with van der Waals surface area (Å²) in [5.41, 5.74) is 12.2. The van der Waals surface area contributed by atoms with Crippen molar-refractivity contribution in [1.82, 2.24) is 18.9 Å². The summed E-state index contributed by atoms with van der Waals surface area (Å²) in [7, 11) is 0. The first-order chi connectivity index (χ1) is 42.1. The molecule has 9 aromatic carbocycles. The normalized spacial score (nSPS) is 13.1. The highest BCUT2D eigenvalue weighted by Gasteiger charge is 2.40. The molecule has 2 aromatic heterocycles. The minimum absolute atomic E-state index is 0.0476. The van der Waals surface area contributed by atoms with E-state index in [2.05, 4.69) is 69.8 Å². The number of hydrogen-bond acceptors (Lipinski definition) is 6. The second-order valence-electron chi connectivity index (χ2n) is 21.9. The van der Waals surface area contributed by atoms with E-state index in [4.69, 9.17) is 27.9 Å². The van der Waals surface area contributed by atoms with Gasteiger partial charge in [0.1, 0.15) is 0 Å². The molecule has 0 N–H and O–H groups in total. The molecule has 4 amide bonds. The van der Waals surface area contributed by atoms with Gasteiger partial charge in [-0.1, -0.05) is 181 Å². The number of imide groups is 2. The van der Waals surface area contributed by atoms with Crippen molar-refractivity contribution in [2.75, 3.05) is 19.7 Å². The molecule has 2 aliphatic heterocycles. The average Bonchev–Trinajstić information content (AvgIpc) is 1.60. The number of ether oxygens (including phenoxy) is 1. The first-order valence-electron chi connectivity index (χ1n) is 29.1. The van der Waals surface area contributed by atoms with Crippen LogP contribution in [0.2, 0.25) is 10.0 Å². The van der Waals surface area contributed by atoms with Crippen LogP contribution in [0.5, 0.6) is 0 Å². The number of amides is 4. The molecule has 86 heavy (non-hydrogen) atoms. The highest BCUT2D eigenvalue weighted by atomic mass is 35.5. The Bertz CT molecular complexity index is 4010. The van der Waals surface area contributed by atoms with Crippen LogP contribution in [-0.2, 0) is 24.0 Å². The summed E-state index contributed by atoms with van der Waals surface area (Å²) in [6.45, 7) is 2.12. The van der Waals surface area contributed by atoms with E-state index in [1.54, 1.807) is 67.6 Å². The van der Waals surface area contributed by atoms with Crippen molar-refractivity contribution < 1.29 is 28.7 Å². The van der Waals surface area contributed by atoms with Crippen LogP contribution in [0.1, 0.15) is 133 Å². The molecule has 0 bridgehead atoms. The van der Waals surface area contributed by atoms with Gasteiger partial charge in [-0.15, -0.1) is 0 Å². The summed E-state index contributed by atoms with van der Waals surface area (Å²) in [4.78, 5) is 73.9. The number of hydrogen-bond donors (Lipinski definition) is 0. The molecule has 0 fully saturated rings. The third-order valence-electron chi connectivity index (χ3n) is 17.0. The number of aromatic nitrogens is 2. The molecule has 10 nitrogen and oxygen atoms in total. The first-order valence-corrected chi connectivity index (χ1v) is 29.8. The highest BCUT2D eigenvalue weighted by molar-refractivity contribution is 6.32. The number of halogens is 2. The van der Waals surface area contributed by atoms with Gasteiger partial charge in [-0.2, -0.15) is 0 Å². The van der Waals surface area contributed by atoms with Gasteiger partial charge in [-0.25, -0.2) is 4.79 Å². The maximum Gasteiger partial charge on any atom is 0.338 e. The van der Waals surface area contributed by atoms with E-state index in [1.807, 2.05) is 109 Å². The summed E-state index contributed by atoms with van der Waals surface area (Å²) in [5.74, 6) is -2.38. The lowest BCUT2D eigenvalue weighted by Crippen LogP contribution is -2.33. The number of esters is 1. The quantitative estimate of drug-likeness (QED) is 0.0589. The van der Waals surface area contributed by atoms with Crippen molar-refractivity contribution in [2.24, 2.45) is 0 Å². The maximum absolute atomic E-state index is 14.5. The van der Waals surface area contributed by atoms with Gasteiger partial charge in [0.15, 0.2) is 0 Å². The lowest BCUT2D eigenvalue weighted by atomic mass is 9.82. The second-order valence-corrected chi connectivity index (χ2v) is 22.7. The van der Waals surface area contributed by atoms with Gasteiger partial charge in [0.2, 0.25) is 0 Å². The number of aryl methyl sites for hydroxylation is 1. The zero-order valence-electron chi connectivity index (χ0n) is 47.1. The predicted octanol–water partition coefficient (Wildman–Crippen LogP) is 15.8. The van der Waals surface area contributed by atoms with Gasteiger partial charge in [-0.3, -0.25) is 29.0 Å². The zero-order chi connectivity index (χ0) is 59.0. The number of carbonyl (C=O) groups excluding carboxylic acids is 5. The molecule has 11 aromatic rings. The van der Waals surface area contributed by atoms with E-state index < -0.39 is 24.0 Å². The van der Waals surface area contributed by atoms with Crippen LogP contribution in [0.3, 0.4) is 0 Å². The zero-order valence-corrected chi connectivity index (χ0v) is 48.6. The standard InChI is InChI=1S/C74H58Cl2N4O6/c1-2-86-74(85)52-34-31-47(32-35-52)33-38-59(66-60-45-53(75)36-39-62(60)79(68(48-19-7-3-8-20-48)49-21-9-4-10-22-49)64(66)41-43-77-70(81)55-27-15-16-28-56(55)71(77)82)67-61-46-54(76)37-40-63(61)80(69(50-23-11-5-12-24-50)51-25-13-6-14-26-51)65(67)42-44-78-72(83)57-29-17-18-30-58(57)73(78)84/h3-32,34-37,39-40,45-46,59,68-69H,2,33,38,41-44H2,1H3. The number of fused-ring (bicyclic) bond motifs is 4. The Hall–Kier alpha value is -9.61. The van der Waals surface area contributed by atoms with Gasteiger partial charge in [0.25, 0.3) is 23.6 Å². The fourth-order valence-corrected chi connectivity index (χ4v) is 13.6. The Kier molecular flexibility index (Phi) is 15.4. The topological polar surface area (TPSA) is 111 Å². The van der Waals surface area contributed by atoms with Crippen molar-refractivity contribution in [2.45, 2.75) is 50.6 Å². The van der Waals surface area contributed by atoms with E-state index in [9.17, 15) is 24.0 Å². The molecule has 13 rings (SSSR count). The molecule has 0 saturated carbocycles. The molecule has 4 heterocycles. The molecule has 0 spiro atoms. The van der Waals surface area contributed by atoms with Crippen LogP contribution in [0.25, 0.3) is 21.8 Å². The van der Waals surface area contributed by atoms with Crippen LogP contribution >= 0.6 is 23.2 Å². The van der Waals surface area contributed by atoms with Crippen molar-refractivity contribution >= 4 is 74.6 Å². The molecular formula is C74H58Cl2N4O6. The smallest absolute Gasteiger partial charge is 0.338 e. The molecule has 0 saturated heterocycles. The maximum atomic E-state index is 14.5. The second kappa shape index (κ2) is 23.8. The monoisotopic (exact) mass is 1170 g/mol. The molecule has 0 unspecified atom stereocenters. The molecular weight excluding hydrogens is 1110 g/mol. The third-order valence-corrected chi connectivity index (χ3v) is 17.5. The number of rotatable bonds is 19. The highest BCUT2D eigenvalue weighted by Crippen LogP contribution is 2.49. The molecule has 424 valence electrons. The van der Waals surface area contributed by atoms with Crippen molar-refractivity contribution in [3.05, 3.63) is 319 Å². The SMILES string of the molecule is CCOC(=O)c1ccc(CCC(c2c(CCN3C(=O)c4ccccc4C3=O)n(C(c3ccccc3)c3ccccc3)c3ccc(Cl)cc23)c2c(CCN3C(=O)c4ccccc4C3=O)n(C(c3ccccc3)c3ccccc3)c3ccc(Cl)cc23)cc1. The molecule has 12 heteroatoms. The Morgan fingerprint density at radius 3 is 1.13 bits per heavy atom. The van der Waals surface area contributed by atoms with Crippen molar-refractivity contribution in [3.8, 4) is 0 Å². The molecule has 2 aliphatic rings. The Labute approximate surface area is 508 Å². The van der Waals surface area contributed by atoms with E-state index in [1.165, 1.54) is 9.80 Å². The Morgan fingerprint density at radius 1 is 0.430 bits per heavy atom. The van der Waals surface area contributed by atoms with E-state index in [-0.39, 0.29) is 56.2 Å². The summed E-state index contributed by atoms with van der Waals surface area (Å²) < 4.78 is 10.2. The van der Waals surface area contributed by atoms with Crippen LogP contribution in [0.15, 0.2) is 231 Å². The van der Waals surface area contributed by atoms with Crippen LogP contribution in [0.4, 0.5) is 0 Å². The predicted molar refractivity (Wildman–Crippen MR) is 338 cm³/mol. The Balaban J connectivity index is 1.12. The van der Waals surface area contributed by atoms with E-state index >= 15 is 0 Å². The van der Waals surface area contributed by atoms with Gasteiger partial charge < -0.3 is 13.9 Å². The van der Waals surface area contributed by atoms with Crippen molar-refractivity contribution in [1.29, 1.82) is 0 Å². The number of benzene rings is 9. The van der Waals surface area contributed by atoms with Crippen LogP contribution < -0.4 is 0 Å². The minimum atomic E-state index is -0.544. The molecule has 0 atom stereocenters. The molecule has 0 aliphatic carbocycles. The Morgan fingerprint density at radius 2 is 0.779 bits per heavy atom. The summed E-state index contributed by atoms with van der Waals surface area (Å²) in [6, 6.07) is 74.0. The van der Waals surface area contributed by atoms with Gasteiger partial charge in [0.05, 0.1) is 46.5 Å². The lowest BCUT2D eigenvalue weighted by molar-refractivity contribution is 0.0524. The van der Waals surface area contributed by atoms with Gasteiger partial charge >= 0.3 is 5.97 Å². The van der Waals surface area contributed by atoms with Gasteiger partial charge in [0, 0.05) is 75.1 Å². The minimum Gasteiger partial charge on any atom is -0.462 e. The number of nitrogens with zero attached hydrogens (tertiary/aromatic N) is 4. The van der Waals surface area contributed by atoms with E-state index in [0.717, 1.165) is 72.1 Å². The van der Waals surface area contributed by atoms with Crippen molar-refractivity contribution in [3.63, 3.8) is 0 Å². The number of carbonyl (C=O) groups is 5. The lowest BCUT2D eigenvalue weighted by Gasteiger charge is -2.28. The third kappa shape index (κ3) is 10.2. The average molecular weight is 1170 g/mol. The van der Waals surface area contributed by atoms with E-state index in [0.29, 0.717) is 50.7 Å². The molecule has 0 radical (unpaired) electrons. The fraction of sp³-hybridized carbons (Fsp3) is 0.149. The first kappa shape index (κ1) is 55.6. The summed E-state index contributed by atoms with van der Waals surface area (Å²) in [6.07, 6.45) is 1.44. The van der Waals surface area contributed by atoms with Gasteiger partial charge in [-0.05, 0) is 132 Å². The largest absolute Gasteiger partial charge is 0.462 e. The fourth-order valence-electron chi connectivity index (χ4n) is 13.2.